The Bertz CT molecular complexity index is 700. The van der Waals surface area contributed by atoms with E-state index in [0.29, 0.717) is 12.3 Å². The minimum atomic E-state index is 0.0117. The number of benzene rings is 1. The zero-order chi connectivity index (χ0) is 17.6. The van der Waals surface area contributed by atoms with Crippen LogP contribution in [0.25, 0.3) is 0 Å². The van der Waals surface area contributed by atoms with Crippen LogP contribution in [-0.4, -0.2) is 0 Å². The molecule has 3 rings (SSSR count). The lowest BCUT2D eigenvalue weighted by molar-refractivity contribution is 0.508. The van der Waals surface area contributed by atoms with Gasteiger partial charge in [-0.2, -0.15) is 0 Å². The van der Waals surface area contributed by atoms with E-state index in [0.717, 1.165) is 24.8 Å². The van der Waals surface area contributed by atoms with E-state index in [1.807, 2.05) is 0 Å². The summed E-state index contributed by atoms with van der Waals surface area (Å²) in [6.07, 6.45) is 16.8. The van der Waals surface area contributed by atoms with Crippen LogP contribution in [0.4, 0.5) is 4.39 Å². The zero-order valence-corrected chi connectivity index (χ0v) is 15.5. The van der Waals surface area contributed by atoms with Gasteiger partial charge in [0.25, 0.3) is 0 Å². The maximum atomic E-state index is 14.2. The number of rotatable bonds is 6. The molecule has 1 aromatic rings. The molecular formula is C24H29F. The van der Waals surface area contributed by atoms with E-state index in [-0.39, 0.29) is 11.7 Å². The summed E-state index contributed by atoms with van der Waals surface area (Å²) in [5.74, 6) is 0.910. The Morgan fingerprint density at radius 3 is 2.40 bits per heavy atom. The molecule has 2 atom stereocenters. The molecule has 1 aromatic carbocycles. The minimum Gasteiger partial charge on any atom is -0.212 e. The maximum Gasteiger partial charge on any atom is 0.101 e. The van der Waals surface area contributed by atoms with E-state index in [4.69, 9.17) is 0 Å². The van der Waals surface area contributed by atoms with E-state index in [9.17, 15) is 4.39 Å². The number of hydrogen-bond donors (Lipinski definition) is 0. The lowest BCUT2D eigenvalue weighted by atomic mass is 9.84. The molecule has 25 heavy (non-hydrogen) atoms. The van der Waals surface area contributed by atoms with Crippen LogP contribution in [-0.2, 0) is 12.8 Å². The predicted octanol–water partition coefficient (Wildman–Crippen LogP) is 6.89. The molecule has 0 aromatic heterocycles. The van der Waals surface area contributed by atoms with E-state index in [2.05, 4.69) is 62.4 Å². The molecule has 2 unspecified atom stereocenters. The molecular weight excluding hydrogens is 307 g/mol. The molecule has 0 radical (unpaired) electrons. The summed E-state index contributed by atoms with van der Waals surface area (Å²) in [6.45, 7) is 4.40. The van der Waals surface area contributed by atoms with Crippen LogP contribution in [0.2, 0.25) is 0 Å². The van der Waals surface area contributed by atoms with Gasteiger partial charge in [-0.15, -0.1) is 0 Å². The Morgan fingerprint density at radius 1 is 1.00 bits per heavy atom. The normalized spacial score (nSPS) is 23.1. The van der Waals surface area contributed by atoms with Gasteiger partial charge in [-0.3, -0.25) is 0 Å². The number of aryl methyl sites for hydroxylation is 1. The van der Waals surface area contributed by atoms with Gasteiger partial charge in [-0.05, 0) is 65.9 Å². The highest BCUT2D eigenvalue weighted by molar-refractivity contribution is 5.50. The van der Waals surface area contributed by atoms with Crippen molar-refractivity contribution >= 4 is 0 Å². The summed E-state index contributed by atoms with van der Waals surface area (Å²) >= 11 is 0. The van der Waals surface area contributed by atoms with E-state index < -0.39 is 0 Å². The Balaban J connectivity index is 1.70. The van der Waals surface area contributed by atoms with E-state index in [1.165, 1.54) is 29.5 Å². The highest BCUT2D eigenvalue weighted by Gasteiger charge is 2.18. The Labute approximate surface area is 151 Å². The van der Waals surface area contributed by atoms with Gasteiger partial charge in [0.1, 0.15) is 5.83 Å². The fraction of sp³-hybridized carbons (Fsp3) is 0.417. The third-order valence-corrected chi connectivity index (χ3v) is 5.29. The van der Waals surface area contributed by atoms with Crippen molar-refractivity contribution in [1.82, 2.24) is 0 Å². The first kappa shape index (κ1) is 17.9. The number of hydrogen-bond acceptors (Lipinski definition) is 0. The van der Waals surface area contributed by atoms with Gasteiger partial charge in [0.05, 0.1) is 0 Å². The highest BCUT2D eigenvalue weighted by Crippen LogP contribution is 2.33. The van der Waals surface area contributed by atoms with Crippen LogP contribution in [0.3, 0.4) is 0 Å². The van der Waals surface area contributed by atoms with Gasteiger partial charge in [0, 0.05) is 6.42 Å². The SMILES string of the molecule is CCCC1C=CC(C2=CC(Cc3ccc(CC)cc3)CC(F)=C2)=CC1. The van der Waals surface area contributed by atoms with Gasteiger partial charge in [-0.25, -0.2) is 4.39 Å². The molecule has 1 heteroatoms. The Hall–Kier alpha value is -1.89. The third kappa shape index (κ3) is 4.81. The lowest BCUT2D eigenvalue weighted by Crippen LogP contribution is -2.09. The number of halogens is 1. The molecule has 0 amide bonds. The Morgan fingerprint density at radius 2 is 1.76 bits per heavy atom. The second kappa shape index (κ2) is 8.47. The van der Waals surface area contributed by atoms with Crippen molar-refractivity contribution in [1.29, 1.82) is 0 Å². The summed E-state index contributed by atoms with van der Waals surface area (Å²) in [4.78, 5) is 0. The summed E-state index contributed by atoms with van der Waals surface area (Å²) in [5, 5.41) is 0. The zero-order valence-electron chi connectivity index (χ0n) is 15.5. The van der Waals surface area contributed by atoms with Gasteiger partial charge < -0.3 is 0 Å². The van der Waals surface area contributed by atoms with Crippen molar-refractivity contribution in [2.75, 3.05) is 0 Å². The predicted molar refractivity (Wildman–Crippen MR) is 105 cm³/mol. The van der Waals surface area contributed by atoms with Gasteiger partial charge in [0.15, 0.2) is 0 Å². The molecule has 0 N–H and O–H groups in total. The quantitative estimate of drug-likeness (QED) is 0.530. The van der Waals surface area contributed by atoms with Crippen molar-refractivity contribution in [3.63, 3.8) is 0 Å². The fourth-order valence-corrected chi connectivity index (χ4v) is 3.83. The molecule has 0 spiro atoms. The van der Waals surface area contributed by atoms with Crippen molar-refractivity contribution in [2.24, 2.45) is 11.8 Å². The first-order chi connectivity index (χ1) is 12.2. The molecule has 0 saturated heterocycles. The molecule has 2 aliphatic rings. The average molecular weight is 336 g/mol. The van der Waals surface area contributed by atoms with Gasteiger partial charge >= 0.3 is 0 Å². The molecule has 132 valence electrons. The van der Waals surface area contributed by atoms with Crippen LogP contribution >= 0.6 is 0 Å². The highest BCUT2D eigenvalue weighted by atomic mass is 19.1. The largest absolute Gasteiger partial charge is 0.212 e. The summed E-state index contributed by atoms with van der Waals surface area (Å²) < 4.78 is 14.2. The first-order valence-corrected chi connectivity index (χ1v) is 9.72. The second-order valence-electron chi connectivity index (χ2n) is 7.35. The molecule has 0 aliphatic heterocycles. The van der Waals surface area contributed by atoms with Crippen LogP contribution in [0.5, 0.6) is 0 Å². The molecule has 0 saturated carbocycles. The fourth-order valence-electron chi connectivity index (χ4n) is 3.83. The van der Waals surface area contributed by atoms with Gasteiger partial charge in [0.2, 0.25) is 0 Å². The average Bonchev–Trinajstić information content (AvgIpc) is 2.63. The standard InChI is InChI=1S/C24H29F/c1-3-5-19-10-12-22(13-11-19)23-15-21(16-24(25)17-23)14-20-8-6-18(4-2)7-9-20/h6-10,12-13,15,17,19,21H,3-5,11,14,16H2,1-2H3. The van der Waals surface area contributed by atoms with E-state index in [1.54, 1.807) is 6.08 Å². The monoisotopic (exact) mass is 336 g/mol. The van der Waals surface area contributed by atoms with Crippen molar-refractivity contribution in [3.8, 4) is 0 Å². The summed E-state index contributed by atoms with van der Waals surface area (Å²) in [7, 11) is 0. The minimum absolute atomic E-state index is 0.0117. The van der Waals surface area contributed by atoms with E-state index >= 15 is 0 Å². The number of allylic oxidation sites excluding steroid dienone is 8. The summed E-state index contributed by atoms with van der Waals surface area (Å²) in [5.41, 5.74) is 4.90. The van der Waals surface area contributed by atoms with Gasteiger partial charge in [-0.1, -0.05) is 68.8 Å². The first-order valence-electron chi connectivity index (χ1n) is 9.72. The van der Waals surface area contributed by atoms with Crippen LogP contribution < -0.4 is 0 Å². The Kier molecular flexibility index (Phi) is 6.07. The molecule has 2 aliphatic carbocycles. The van der Waals surface area contributed by atoms with Crippen molar-refractivity contribution in [3.05, 3.63) is 82.7 Å². The molecule has 0 fully saturated rings. The molecule has 0 bridgehead atoms. The smallest absolute Gasteiger partial charge is 0.101 e. The maximum absolute atomic E-state index is 14.2. The van der Waals surface area contributed by atoms with Crippen LogP contribution in [0.15, 0.2) is 71.6 Å². The topological polar surface area (TPSA) is 0 Å². The molecule has 0 heterocycles. The van der Waals surface area contributed by atoms with Crippen molar-refractivity contribution < 1.29 is 4.39 Å². The van der Waals surface area contributed by atoms with Crippen LogP contribution in [0, 0.1) is 11.8 Å². The lowest BCUT2D eigenvalue weighted by Gasteiger charge is -2.21. The third-order valence-electron chi connectivity index (χ3n) is 5.29. The molecule has 0 nitrogen and oxygen atoms in total. The second-order valence-corrected chi connectivity index (χ2v) is 7.35. The summed E-state index contributed by atoms with van der Waals surface area (Å²) in [6, 6.07) is 8.76. The van der Waals surface area contributed by atoms with Crippen molar-refractivity contribution in [2.45, 2.75) is 52.4 Å². The van der Waals surface area contributed by atoms with Crippen LogP contribution in [0.1, 0.15) is 50.7 Å².